The highest BCUT2D eigenvalue weighted by Crippen LogP contribution is 2.26. The van der Waals surface area contributed by atoms with Crippen molar-refractivity contribution in [1.82, 2.24) is 9.55 Å². The SMILES string of the molecule is Cc1c(C(N)=O)cccc1-c1cn(C)c(=O)c(Nc2ccc(N3CCSCC3=O)cc2)n1. The van der Waals surface area contributed by atoms with Crippen LogP contribution in [-0.4, -0.2) is 39.4 Å². The molecule has 0 atom stereocenters. The Labute approximate surface area is 189 Å². The Kier molecular flexibility index (Phi) is 6.00. The van der Waals surface area contributed by atoms with Crippen LogP contribution in [0.3, 0.4) is 0 Å². The van der Waals surface area contributed by atoms with Gasteiger partial charge in [0, 0.05) is 48.0 Å². The molecule has 1 saturated heterocycles. The van der Waals surface area contributed by atoms with Crippen molar-refractivity contribution >= 4 is 40.8 Å². The standard InChI is InChI=1S/C23H23N5O3S/c1-14-17(4-3-5-18(14)21(24)30)19-12-27(2)23(31)22(26-19)25-15-6-8-16(9-7-15)28-10-11-32-13-20(28)29/h3-9,12H,10-11,13H2,1-2H3,(H2,24,30)(H,25,26). The molecule has 2 amide bonds. The summed E-state index contributed by atoms with van der Waals surface area (Å²) in [4.78, 5) is 42.8. The summed E-state index contributed by atoms with van der Waals surface area (Å²) in [6, 6.07) is 12.6. The molecule has 0 unspecified atom stereocenters. The number of nitrogens with two attached hydrogens (primary N) is 1. The van der Waals surface area contributed by atoms with E-state index in [9.17, 15) is 14.4 Å². The summed E-state index contributed by atoms with van der Waals surface area (Å²) in [5, 5.41) is 3.08. The molecule has 3 aromatic rings. The maximum absolute atomic E-state index is 12.7. The second kappa shape index (κ2) is 8.88. The normalized spacial score (nSPS) is 13.8. The number of nitrogens with zero attached hydrogens (tertiary/aromatic N) is 3. The van der Waals surface area contributed by atoms with Gasteiger partial charge in [-0.05, 0) is 42.8 Å². The van der Waals surface area contributed by atoms with Gasteiger partial charge in [0.1, 0.15) is 0 Å². The van der Waals surface area contributed by atoms with Crippen LogP contribution in [0.2, 0.25) is 0 Å². The van der Waals surface area contributed by atoms with E-state index in [-0.39, 0.29) is 17.3 Å². The van der Waals surface area contributed by atoms with Crippen molar-refractivity contribution in [2.75, 3.05) is 28.3 Å². The van der Waals surface area contributed by atoms with E-state index in [1.165, 1.54) is 4.57 Å². The van der Waals surface area contributed by atoms with Crippen molar-refractivity contribution < 1.29 is 9.59 Å². The van der Waals surface area contributed by atoms with Gasteiger partial charge in [-0.3, -0.25) is 14.4 Å². The summed E-state index contributed by atoms with van der Waals surface area (Å²) in [5.74, 6) is 1.14. The van der Waals surface area contributed by atoms with E-state index in [1.54, 1.807) is 49.0 Å². The second-order valence-electron chi connectivity index (χ2n) is 7.50. The Morgan fingerprint density at radius 2 is 1.91 bits per heavy atom. The number of amides is 2. The number of thioether (sulfide) groups is 1. The Morgan fingerprint density at radius 3 is 2.59 bits per heavy atom. The molecule has 0 saturated carbocycles. The molecule has 2 heterocycles. The fourth-order valence-corrected chi connectivity index (χ4v) is 4.44. The molecule has 0 spiro atoms. The van der Waals surface area contributed by atoms with Crippen molar-refractivity contribution in [3.05, 3.63) is 70.1 Å². The first kappa shape index (κ1) is 21.6. The molecule has 1 aromatic heterocycles. The molecule has 1 aliphatic rings. The van der Waals surface area contributed by atoms with Gasteiger partial charge < -0.3 is 20.5 Å². The zero-order chi connectivity index (χ0) is 22.8. The van der Waals surface area contributed by atoms with Crippen LogP contribution < -0.4 is 21.5 Å². The highest BCUT2D eigenvalue weighted by Gasteiger charge is 2.20. The molecular weight excluding hydrogens is 426 g/mol. The molecular formula is C23H23N5O3S. The van der Waals surface area contributed by atoms with Gasteiger partial charge in [-0.15, -0.1) is 0 Å². The molecule has 9 heteroatoms. The van der Waals surface area contributed by atoms with Crippen molar-refractivity contribution in [1.29, 1.82) is 0 Å². The lowest BCUT2D eigenvalue weighted by molar-refractivity contribution is -0.116. The minimum atomic E-state index is -0.515. The van der Waals surface area contributed by atoms with Crippen LogP contribution in [-0.2, 0) is 11.8 Å². The van der Waals surface area contributed by atoms with Crippen molar-refractivity contribution in [2.24, 2.45) is 12.8 Å². The lowest BCUT2D eigenvalue weighted by atomic mass is 10.00. The smallest absolute Gasteiger partial charge is 0.293 e. The van der Waals surface area contributed by atoms with Gasteiger partial charge >= 0.3 is 0 Å². The summed E-state index contributed by atoms with van der Waals surface area (Å²) < 4.78 is 1.44. The lowest BCUT2D eigenvalue weighted by Crippen LogP contribution is -2.38. The van der Waals surface area contributed by atoms with E-state index in [4.69, 9.17) is 5.73 Å². The molecule has 0 aliphatic carbocycles. The van der Waals surface area contributed by atoms with Crippen LogP contribution in [0.25, 0.3) is 11.3 Å². The average Bonchev–Trinajstić information content (AvgIpc) is 2.78. The number of primary amides is 1. The molecule has 1 aliphatic heterocycles. The quantitative estimate of drug-likeness (QED) is 0.620. The number of anilines is 3. The number of rotatable bonds is 5. The monoisotopic (exact) mass is 449 g/mol. The Morgan fingerprint density at radius 1 is 1.16 bits per heavy atom. The fourth-order valence-electron chi connectivity index (χ4n) is 3.65. The number of hydrogen-bond donors (Lipinski definition) is 2. The van der Waals surface area contributed by atoms with Crippen LogP contribution in [0.1, 0.15) is 15.9 Å². The lowest BCUT2D eigenvalue weighted by Gasteiger charge is -2.26. The molecule has 2 aromatic carbocycles. The van der Waals surface area contributed by atoms with Crippen LogP contribution in [0.4, 0.5) is 17.2 Å². The van der Waals surface area contributed by atoms with Gasteiger partial charge in [0.05, 0.1) is 11.4 Å². The molecule has 3 N–H and O–H groups in total. The van der Waals surface area contributed by atoms with Gasteiger partial charge in [-0.2, -0.15) is 11.8 Å². The minimum absolute atomic E-state index is 0.0961. The van der Waals surface area contributed by atoms with Crippen molar-refractivity contribution in [3.8, 4) is 11.3 Å². The summed E-state index contributed by atoms with van der Waals surface area (Å²) in [5.41, 5.74) is 9.06. The maximum Gasteiger partial charge on any atom is 0.293 e. The van der Waals surface area contributed by atoms with Gasteiger partial charge in [0.15, 0.2) is 5.82 Å². The number of nitrogens with one attached hydrogen (secondary N) is 1. The highest BCUT2D eigenvalue weighted by molar-refractivity contribution is 8.00. The zero-order valence-electron chi connectivity index (χ0n) is 17.8. The summed E-state index contributed by atoms with van der Waals surface area (Å²) in [7, 11) is 1.65. The van der Waals surface area contributed by atoms with Crippen LogP contribution >= 0.6 is 11.8 Å². The van der Waals surface area contributed by atoms with Crippen molar-refractivity contribution in [2.45, 2.75) is 6.92 Å². The molecule has 0 radical (unpaired) electrons. The first-order chi connectivity index (χ1) is 15.3. The van der Waals surface area contributed by atoms with Crippen LogP contribution in [0, 0.1) is 6.92 Å². The van der Waals surface area contributed by atoms with E-state index < -0.39 is 5.91 Å². The largest absolute Gasteiger partial charge is 0.366 e. The number of benzene rings is 2. The molecule has 164 valence electrons. The van der Waals surface area contributed by atoms with E-state index in [1.807, 2.05) is 30.3 Å². The summed E-state index contributed by atoms with van der Waals surface area (Å²) >= 11 is 1.64. The predicted molar refractivity (Wildman–Crippen MR) is 128 cm³/mol. The van der Waals surface area contributed by atoms with Gasteiger partial charge in [0.2, 0.25) is 11.8 Å². The van der Waals surface area contributed by atoms with Crippen LogP contribution in [0.5, 0.6) is 0 Å². The highest BCUT2D eigenvalue weighted by atomic mass is 32.2. The number of carbonyl (C=O) groups excluding carboxylic acids is 2. The van der Waals surface area contributed by atoms with E-state index in [0.29, 0.717) is 34.8 Å². The Hall–Kier alpha value is -3.59. The zero-order valence-corrected chi connectivity index (χ0v) is 18.6. The third-order valence-corrected chi connectivity index (χ3v) is 6.30. The second-order valence-corrected chi connectivity index (χ2v) is 8.61. The van der Waals surface area contributed by atoms with Gasteiger partial charge in [-0.1, -0.05) is 12.1 Å². The molecule has 0 bridgehead atoms. The first-order valence-electron chi connectivity index (χ1n) is 10.1. The topological polar surface area (TPSA) is 110 Å². The van der Waals surface area contributed by atoms with E-state index >= 15 is 0 Å². The van der Waals surface area contributed by atoms with E-state index in [2.05, 4.69) is 10.3 Å². The number of hydrogen-bond acceptors (Lipinski definition) is 6. The van der Waals surface area contributed by atoms with Gasteiger partial charge in [-0.25, -0.2) is 4.98 Å². The fraction of sp³-hybridized carbons (Fsp3) is 0.217. The van der Waals surface area contributed by atoms with Crippen molar-refractivity contribution in [3.63, 3.8) is 0 Å². The third-order valence-electron chi connectivity index (χ3n) is 5.37. The number of aryl methyl sites for hydroxylation is 1. The molecule has 1 fully saturated rings. The number of aromatic nitrogens is 2. The minimum Gasteiger partial charge on any atom is -0.366 e. The van der Waals surface area contributed by atoms with Gasteiger partial charge in [0.25, 0.3) is 5.56 Å². The molecule has 4 rings (SSSR count). The van der Waals surface area contributed by atoms with E-state index in [0.717, 1.165) is 17.0 Å². The summed E-state index contributed by atoms with van der Waals surface area (Å²) in [6.45, 7) is 2.48. The first-order valence-corrected chi connectivity index (χ1v) is 11.2. The molecule has 32 heavy (non-hydrogen) atoms. The average molecular weight is 450 g/mol. The Bertz CT molecular complexity index is 1250. The predicted octanol–water partition coefficient (Wildman–Crippen LogP) is 2.68. The molecule has 8 nitrogen and oxygen atoms in total. The third kappa shape index (κ3) is 4.24. The summed E-state index contributed by atoms with van der Waals surface area (Å²) in [6.07, 6.45) is 1.63. The number of carbonyl (C=O) groups is 2. The van der Waals surface area contributed by atoms with Crippen LogP contribution in [0.15, 0.2) is 53.5 Å². The maximum atomic E-state index is 12.7. The Balaban J connectivity index is 1.65.